The molecule has 0 bridgehead atoms. The lowest BCUT2D eigenvalue weighted by molar-refractivity contribution is -0.0589. The third-order valence-electron chi connectivity index (χ3n) is 4.29. The van der Waals surface area contributed by atoms with E-state index in [1.807, 2.05) is 50.3 Å². The van der Waals surface area contributed by atoms with E-state index in [4.69, 9.17) is 9.47 Å². The van der Waals surface area contributed by atoms with Crippen LogP contribution in [0.1, 0.15) is 30.6 Å². The number of allylic oxidation sites excluding steroid dienone is 1. The summed E-state index contributed by atoms with van der Waals surface area (Å²) in [6, 6.07) is 9.33. The molecule has 0 spiro atoms. The van der Waals surface area contributed by atoms with Gasteiger partial charge < -0.3 is 14.8 Å². The highest BCUT2D eigenvalue weighted by molar-refractivity contribution is 5.98. The Kier molecular flexibility index (Phi) is 5.79. The normalized spacial score (nSPS) is 20.2. The molecule has 25 heavy (non-hydrogen) atoms. The second-order valence-electron chi connectivity index (χ2n) is 6.51. The van der Waals surface area contributed by atoms with Gasteiger partial charge in [-0.3, -0.25) is 9.78 Å². The van der Waals surface area contributed by atoms with E-state index in [1.54, 1.807) is 6.20 Å². The summed E-state index contributed by atoms with van der Waals surface area (Å²) in [5.41, 5.74) is 2.73. The van der Waals surface area contributed by atoms with Crippen LogP contribution < -0.4 is 5.32 Å². The number of carbonyl (C=O) groups excluding carboxylic acids is 1. The van der Waals surface area contributed by atoms with Crippen molar-refractivity contribution in [2.75, 3.05) is 19.8 Å². The van der Waals surface area contributed by atoms with Crippen molar-refractivity contribution in [2.24, 2.45) is 0 Å². The molecule has 1 fully saturated rings. The molecule has 0 saturated carbocycles. The van der Waals surface area contributed by atoms with Crippen molar-refractivity contribution >= 4 is 16.8 Å². The van der Waals surface area contributed by atoms with Gasteiger partial charge in [0, 0.05) is 23.8 Å². The second kappa shape index (κ2) is 8.23. The van der Waals surface area contributed by atoms with Crippen LogP contribution in [0.2, 0.25) is 0 Å². The average Bonchev–Trinajstić information content (AvgIpc) is 2.62. The fourth-order valence-corrected chi connectivity index (χ4v) is 2.85. The highest BCUT2D eigenvalue weighted by Gasteiger charge is 2.28. The van der Waals surface area contributed by atoms with Gasteiger partial charge >= 0.3 is 0 Å². The van der Waals surface area contributed by atoms with Crippen LogP contribution in [0.3, 0.4) is 0 Å². The van der Waals surface area contributed by atoms with Gasteiger partial charge in [-0.25, -0.2) is 0 Å². The molecule has 0 radical (unpaired) electrons. The molecule has 2 atom stereocenters. The van der Waals surface area contributed by atoms with Gasteiger partial charge in [-0.2, -0.15) is 0 Å². The van der Waals surface area contributed by atoms with Crippen molar-refractivity contribution in [1.82, 2.24) is 10.3 Å². The maximum atomic E-state index is 12.6. The number of nitrogens with zero attached hydrogens (tertiary/aromatic N) is 1. The van der Waals surface area contributed by atoms with Crippen LogP contribution in [-0.2, 0) is 9.47 Å². The van der Waals surface area contributed by atoms with Gasteiger partial charge in [0.1, 0.15) is 6.10 Å². The van der Waals surface area contributed by atoms with Crippen LogP contribution in [0.25, 0.3) is 10.9 Å². The van der Waals surface area contributed by atoms with Crippen molar-refractivity contribution in [1.29, 1.82) is 0 Å². The van der Waals surface area contributed by atoms with Gasteiger partial charge in [0.2, 0.25) is 0 Å². The van der Waals surface area contributed by atoms with Crippen LogP contribution >= 0.6 is 0 Å². The first-order valence-electron chi connectivity index (χ1n) is 8.62. The van der Waals surface area contributed by atoms with E-state index >= 15 is 0 Å². The fraction of sp³-hybridized carbons (Fsp3) is 0.400. The topological polar surface area (TPSA) is 60.5 Å². The minimum Gasteiger partial charge on any atom is -0.379 e. The molecule has 2 heterocycles. The number of hydrogen-bond donors (Lipinski definition) is 1. The number of pyridine rings is 1. The molecular weight excluding hydrogens is 316 g/mol. The molecule has 2 aromatic rings. The summed E-state index contributed by atoms with van der Waals surface area (Å²) >= 11 is 0. The Bertz CT molecular complexity index is 768. The lowest BCUT2D eigenvalue weighted by atomic mass is 10.0. The predicted octanol–water partition coefficient (Wildman–Crippen LogP) is 3.10. The number of fused-ring (bicyclic) bond motifs is 1. The maximum absolute atomic E-state index is 12.6. The van der Waals surface area contributed by atoms with E-state index < -0.39 is 0 Å². The molecule has 0 unspecified atom stereocenters. The summed E-state index contributed by atoms with van der Waals surface area (Å²) in [6.07, 6.45) is 4.40. The SMILES string of the molecule is CC(C)=CCO[C@@H]1COCC[C@H]1NC(=O)c1ccc2ncccc2c1. The van der Waals surface area contributed by atoms with Crippen molar-refractivity contribution in [3.63, 3.8) is 0 Å². The fourth-order valence-electron chi connectivity index (χ4n) is 2.85. The summed E-state index contributed by atoms with van der Waals surface area (Å²) in [7, 11) is 0. The molecule has 1 aliphatic rings. The van der Waals surface area contributed by atoms with E-state index in [0.29, 0.717) is 25.4 Å². The first kappa shape index (κ1) is 17.6. The third kappa shape index (κ3) is 4.65. The first-order chi connectivity index (χ1) is 12.1. The van der Waals surface area contributed by atoms with E-state index in [-0.39, 0.29) is 18.1 Å². The van der Waals surface area contributed by atoms with E-state index in [2.05, 4.69) is 10.3 Å². The Balaban J connectivity index is 1.67. The molecule has 1 aromatic carbocycles. The summed E-state index contributed by atoms with van der Waals surface area (Å²) in [4.78, 5) is 16.9. The zero-order valence-corrected chi connectivity index (χ0v) is 14.7. The maximum Gasteiger partial charge on any atom is 0.251 e. The zero-order valence-electron chi connectivity index (χ0n) is 14.7. The number of nitrogens with one attached hydrogen (secondary N) is 1. The number of ether oxygens (including phenoxy) is 2. The highest BCUT2D eigenvalue weighted by Crippen LogP contribution is 2.16. The highest BCUT2D eigenvalue weighted by atomic mass is 16.5. The lowest BCUT2D eigenvalue weighted by Crippen LogP contribution is -2.50. The van der Waals surface area contributed by atoms with Crippen LogP contribution in [0, 0.1) is 0 Å². The number of amides is 1. The van der Waals surface area contributed by atoms with E-state index in [9.17, 15) is 4.79 Å². The largest absolute Gasteiger partial charge is 0.379 e. The van der Waals surface area contributed by atoms with Crippen molar-refractivity contribution < 1.29 is 14.3 Å². The Labute approximate surface area is 148 Å². The van der Waals surface area contributed by atoms with Crippen LogP contribution in [-0.4, -0.2) is 42.9 Å². The average molecular weight is 340 g/mol. The summed E-state index contributed by atoms with van der Waals surface area (Å²) in [5.74, 6) is -0.0894. The number of benzene rings is 1. The van der Waals surface area contributed by atoms with E-state index in [1.165, 1.54) is 5.57 Å². The van der Waals surface area contributed by atoms with Crippen LogP contribution in [0.4, 0.5) is 0 Å². The smallest absolute Gasteiger partial charge is 0.251 e. The standard InChI is InChI=1S/C20H24N2O3/c1-14(2)7-11-25-19-13-24-10-8-18(19)22-20(23)16-5-6-17-15(12-16)4-3-9-21-17/h3-7,9,12,18-19H,8,10-11,13H2,1-2H3,(H,22,23)/t18-,19-/m1/s1. The molecule has 3 rings (SSSR count). The van der Waals surface area contributed by atoms with Crippen molar-refractivity contribution in [2.45, 2.75) is 32.4 Å². The van der Waals surface area contributed by atoms with Gasteiger partial charge in [0.25, 0.3) is 5.91 Å². The van der Waals surface area contributed by atoms with Crippen molar-refractivity contribution in [3.8, 4) is 0 Å². The zero-order chi connectivity index (χ0) is 17.6. The minimum absolute atomic E-state index is 0.0450. The van der Waals surface area contributed by atoms with Gasteiger partial charge in [0.05, 0.1) is 24.8 Å². The summed E-state index contributed by atoms with van der Waals surface area (Å²) in [6.45, 7) is 5.74. The third-order valence-corrected chi connectivity index (χ3v) is 4.29. The molecule has 1 N–H and O–H groups in total. The Morgan fingerprint density at radius 1 is 1.40 bits per heavy atom. The number of rotatable bonds is 5. The molecule has 1 aromatic heterocycles. The molecule has 132 valence electrons. The van der Waals surface area contributed by atoms with Gasteiger partial charge in [0.15, 0.2) is 0 Å². The molecule has 1 aliphatic heterocycles. The number of aromatic nitrogens is 1. The number of hydrogen-bond acceptors (Lipinski definition) is 4. The lowest BCUT2D eigenvalue weighted by Gasteiger charge is -2.32. The molecule has 1 amide bonds. The molecule has 5 nitrogen and oxygen atoms in total. The Hall–Kier alpha value is -2.24. The van der Waals surface area contributed by atoms with Crippen molar-refractivity contribution in [3.05, 3.63) is 53.7 Å². The quantitative estimate of drug-likeness (QED) is 0.850. The van der Waals surface area contributed by atoms with Gasteiger partial charge in [-0.15, -0.1) is 0 Å². The molecule has 0 aliphatic carbocycles. The van der Waals surface area contributed by atoms with Gasteiger partial charge in [-0.05, 0) is 44.5 Å². The summed E-state index contributed by atoms with van der Waals surface area (Å²) < 4.78 is 11.4. The molecule has 5 heteroatoms. The number of carbonyl (C=O) groups is 1. The molecular formula is C20H24N2O3. The first-order valence-corrected chi connectivity index (χ1v) is 8.62. The Morgan fingerprint density at radius 3 is 3.12 bits per heavy atom. The molecule has 1 saturated heterocycles. The predicted molar refractivity (Wildman–Crippen MR) is 97.6 cm³/mol. The van der Waals surface area contributed by atoms with Crippen LogP contribution in [0.15, 0.2) is 48.2 Å². The minimum atomic E-state index is -0.129. The van der Waals surface area contributed by atoms with Gasteiger partial charge in [-0.1, -0.05) is 17.7 Å². The van der Waals surface area contributed by atoms with Crippen LogP contribution in [0.5, 0.6) is 0 Å². The second-order valence-corrected chi connectivity index (χ2v) is 6.51. The summed E-state index contributed by atoms with van der Waals surface area (Å²) in [5, 5.41) is 4.06. The Morgan fingerprint density at radius 2 is 2.28 bits per heavy atom. The monoisotopic (exact) mass is 340 g/mol. The van der Waals surface area contributed by atoms with E-state index in [0.717, 1.165) is 17.3 Å².